The number of pyridine rings is 1. The number of aromatic hydroxyl groups is 1. The van der Waals surface area contributed by atoms with Crippen molar-refractivity contribution in [1.82, 2.24) is 4.98 Å². The van der Waals surface area contributed by atoms with Crippen LogP contribution in [0.15, 0.2) is 83.9 Å². The number of fused-ring (bicyclic) bond motifs is 4. The first-order chi connectivity index (χ1) is 16.2. The van der Waals surface area contributed by atoms with E-state index in [1.54, 1.807) is 18.2 Å². The predicted octanol–water partition coefficient (Wildman–Crippen LogP) is 6.46. The van der Waals surface area contributed by atoms with E-state index in [0.29, 0.717) is 17.1 Å². The molecule has 1 N–H and O–H groups in total. The summed E-state index contributed by atoms with van der Waals surface area (Å²) in [5, 5.41) is 11.7. The number of nitrogens with zero attached hydrogens (tertiary/aromatic N) is 2. The van der Waals surface area contributed by atoms with E-state index in [0.717, 1.165) is 27.1 Å². The molecule has 2 atom stereocenters. The van der Waals surface area contributed by atoms with Gasteiger partial charge >= 0.3 is 0 Å². The van der Waals surface area contributed by atoms with Crippen LogP contribution in [0.4, 0.5) is 0 Å². The normalized spacial score (nSPS) is 26.1. The Kier molecular flexibility index (Phi) is 3.69. The number of rotatable bonds is 3. The second-order valence-electron chi connectivity index (χ2n) is 8.42. The van der Waals surface area contributed by atoms with Gasteiger partial charge in [0.05, 0.1) is 15.3 Å². The van der Waals surface area contributed by atoms with Crippen LogP contribution in [0.5, 0.6) is 17.4 Å². The Morgan fingerprint density at radius 3 is 2.75 bits per heavy atom. The number of hydrogen-bond donors (Lipinski definition) is 1. The molecule has 4 aromatic rings. The van der Waals surface area contributed by atoms with Gasteiger partial charge in [0.1, 0.15) is 17.0 Å². The van der Waals surface area contributed by atoms with E-state index in [1.165, 1.54) is 11.8 Å². The lowest BCUT2D eigenvalue weighted by Crippen LogP contribution is -2.36. The van der Waals surface area contributed by atoms with Gasteiger partial charge in [0.2, 0.25) is 5.88 Å². The Balaban J connectivity index is 1.36. The van der Waals surface area contributed by atoms with Gasteiger partial charge in [-0.3, -0.25) is 4.99 Å². The molecule has 32 heavy (non-hydrogen) atoms. The zero-order valence-corrected chi connectivity index (χ0v) is 18.5. The highest BCUT2D eigenvalue weighted by Crippen LogP contribution is 2.59. The fraction of sp³-hybridized carbons (Fsp3) is 0.185. The van der Waals surface area contributed by atoms with Crippen molar-refractivity contribution in [3.05, 3.63) is 95.6 Å². The van der Waals surface area contributed by atoms with E-state index in [4.69, 9.17) is 12.5 Å². The summed E-state index contributed by atoms with van der Waals surface area (Å²) in [6.07, 6.45) is -1.53. The largest absolute Gasteiger partial charge is 0.506 e. The molecule has 5 heteroatoms. The molecule has 0 bridgehead atoms. The number of aliphatic imine (C=N–C) groups is 1. The summed E-state index contributed by atoms with van der Waals surface area (Å²) >= 11 is 1.49. The average Bonchev–Trinajstić information content (AvgIpc) is 3.18. The fourth-order valence-corrected chi connectivity index (χ4v) is 5.85. The molecule has 1 aliphatic heterocycles. The third-order valence-corrected chi connectivity index (χ3v) is 7.78. The first kappa shape index (κ1) is 17.3. The maximum absolute atomic E-state index is 10.1. The SMILES string of the molecule is [2H]C1([2H])c2ccccc2[C@]2(C)N=C(c3cccc(Oc4ccc5cccc(O)c5n4)c3)S[C@]12C. The van der Waals surface area contributed by atoms with Gasteiger partial charge in [-0.25, -0.2) is 4.98 Å². The number of phenols is 1. The quantitative estimate of drug-likeness (QED) is 0.397. The second-order valence-corrected chi connectivity index (χ2v) is 9.83. The van der Waals surface area contributed by atoms with Crippen molar-refractivity contribution >= 4 is 27.7 Å². The first-order valence-corrected chi connectivity index (χ1v) is 11.3. The van der Waals surface area contributed by atoms with Crippen LogP contribution < -0.4 is 4.74 Å². The molecule has 3 aromatic carbocycles. The zero-order valence-electron chi connectivity index (χ0n) is 19.7. The summed E-state index contributed by atoms with van der Waals surface area (Å²) in [5.41, 5.74) is 2.34. The molecule has 0 unspecified atom stereocenters. The molecule has 1 aliphatic carbocycles. The Labute approximate surface area is 193 Å². The van der Waals surface area contributed by atoms with Gasteiger partial charge in [-0.15, -0.1) is 0 Å². The molecule has 2 heterocycles. The summed E-state index contributed by atoms with van der Waals surface area (Å²) in [5.74, 6) is 1.09. The third kappa shape index (κ3) is 2.84. The van der Waals surface area contributed by atoms with E-state index in [9.17, 15) is 5.11 Å². The molecule has 4 nitrogen and oxygen atoms in total. The first-order valence-electron chi connectivity index (χ1n) is 11.5. The lowest BCUT2D eigenvalue weighted by atomic mass is 9.86. The van der Waals surface area contributed by atoms with Crippen LogP contribution in [-0.2, 0) is 11.9 Å². The van der Waals surface area contributed by atoms with Crippen molar-refractivity contribution in [3.63, 3.8) is 0 Å². The summed E-state index contributed by atoms with van der Waals surface area (Å²) < 4.78 is 23.2. The third-order valence-electron chi connectivity index (χ3n) is 6.36. The highest BCUT2D eigenvalue weighted by molar-refractivity contribution is 8.16. The van der Waals surface area contributed by atoms with Crippen molar-refractivity contribution in [3.8, 4) is 17.4 Å². The molecule has 0 radical (unpaired) electrons. The van der Waals surface area contributed by atoms with Gasteiger partial charge in [-0.1, -0.05) is 60.3 Å². The van der Waals surface area contributed by atoms with Gasteiger partial charge < -0.3 is 9.84 Å². The van der Waals surface area contributed by atoms with E-state index >= 15 is 0 Å². The number of para-hydroxylation sites is 1. The maximum atomic E-state index is 10.1. The minimum Gasteiger partial charge on any atom is -0.506 e. The predicted molar refractivity (Wildman–Crippen MR) is 130 cm³/mol. The van der Waals surface area contributed by atoms with Crippen molar-refractivity contribution in [2.45, 2.75) is 30.5 Å². The van der Waals surface area contributed by atoms with Gasteiger partial charge in [-0.05, 0) is 55.6 Å². The van der Waals surface area contributed by atoms with Crippen molar-refractivity contribution in [1.29, 1.82) is 0 Å². The van der Waals surface area contributed by atoms with E-state index in [1.807, 2.05) is 74.5 Å². The molecular formula is C27H22N2O2S. The average molecular weight is 441 g/mol. The smallest absolute Gasteiger partial charge is 0.219 e. The topological polar surface area (TPSA) is 54.7 Å². The van der Waals surface area contributed by atoms with Crippen molar-refractivity contribution < 1.29 is 12.6 Å². The summed E-state index contributed by atoms with van der Waals surface area (Å²) in [4.78, 5) is 9.55. The van der Waals surface area contributed by atoms with E-state index < -0.39 is 16.7 Å². The number of ether oxygens (including phenoxy) is 1. The molecular weight excluding hydrogens is 416 g/mol. The fourth-order valence-electron chi connectivity index (χ4n) is 4.47. The van der Waals surface area contributed by atoms with Gasteiger partial charge in [0, 0.05) is 19.8 Å². The lowest BCUT2D eigenvalue weighted by molar-refractivity contribution is 0.413. The molecule has 6 rings (SSSR count). The summed E-state index contributed by atoms with van der Waals surface area (Å²) in [6, 6.07) is 24.2. The van der Waals surface area contributed by atoms with Crippen LogP contribution in [0.2, 0.25) is 0 Å². The Hall–Kier alpha value is -3.31. The molecule has 1 aromatic heterocycles. The van der Waals surface area contributed by atoms with Gasteiger partial charge in [0.25, 0.3) is 0 Å². The number of aromatic nitrogens is 1. The Bertz CT molecular complexity index is 1510. The van der Waals surface area contributed by atoms with Crippen LogP contribution in [0.25, 0.3) is 10.9 Å². The second kappa shape index (κ2) is 6.84. The molecule has 0 saturated carbocycles. The van der Waals surface area contributed by atoms with Crippen molar-refractivity contribution in [2.75, 3.05) is 0 Å². The van der Waals surface area contributed by atoms with Crippen LogP contribution >= 0.6 is 11.8 Å². The molecule has 0 fully saturated rings. The maximum Gasteiger partial charge on any atom is 0.219 e. The minimum absolute atomic E-state index is 0.107. The highest BCUT2D eigenvalue weighted by Gasteiger charge is 2.57. The molecule has 2 aliphatic rings. The van der Waals surface area contributed by atoms with Crippen LogP contribution in [0, 0.1) is 0 Å². The number of thioether (sulfide) groups is 1. The van der Waals surface area contributed by atoms with Gasteiger partial charge in [-0.2, -0.15) is 0 Å². The van der Waals surface area contributed by atoms with Crippen molar-refractivity contribution in [2.24, 2.45) is 4.99 Å². The van der Waals surface area contributed by atoms with Crippen LogP contribution in [-0.4, -0.2) is 19.9 Å². The Morgan fingerprint density at radius 1 is 1.00 bits per heavy atom. The number of benzene rings is 3. The molecule has 0 amide bonds. The minimum atomic E-state index is -1.53. The number of phenolic OH excluding ortho intramolecular Hbond substituents is 1. The highest BCUT2D eigenvalue weighted by atomic mass is 32.2. The van der Waals surface area contributed by atoms with E-state index in [2.05, 4.69) is 4.98 Å². The molecule has 0 spiro atoms. The number of hydrogen-bond acceptors (Lipinski definition) is 5. The van der Waals surface area contributed by atoms with Crippen LogP contribution in [0.1, 0.15) is 33.3 Å². The summed E-state index contributed by atoms with van der Waals surface area (Å²) in [6.45, 7) is 4.00. The zero-order chi connectivity index (χ0) is 23.7. The summed E-state index contributed by atoms with van der Waals surface area (Å²) in [7, 11) is 0. The Morgan fingerprint density at radius 2 is 1.84 bits per heavy atom. The molecule has 158 valence electrons. The molecule has 0 saturated heterocycles. The standard InChI is InChI=1S/C27H22N2O2S/c1-26-16-19-7-3-4-11-21(19)27(26,2)29-25(32-26)18-9-5-10-20(15-18)31-23-14-13-17-8-6-12-22(30)24(17)28-23/h3-15,30H,16H2,1-2H3/t26-,27+/m1/s1/i16D2. The monoisotopic (exact) mass is 440 g/mol. The van der Waals surface area contributed by atoms with Crippen LogP contribution in [0.3, 0.4) is 0 Å². The van der Waals surface area contributed by atoms with E-state index in [-0.39, 0.29) is 5.75 Å². The van der Waals surface area contributed by atoms with Gasteiger partial charge in [0.15, 0.2) is 0 Å². The lowest BCUT2D eigenvalue weighted by Gasteiger charge is -2.31.